The largest absolute Gasteiger partial charge is 0.493 e. The Morgan fingerprint density at radius 1 is 1.11 bits per heavy atom. The molecule has 0 bridgehead atoms. The highest BCUT2D eigenvalue weighted by molar-refractivity contribution is 5.41. The van der Waals surface area contributed by atoms with Crippen molar-refractivity contribution in [3.63, 3.8) is 0 Å². The smallest absolute Gasteiger partial charge is 0.161 e. The second-order valence-electron chi connectivity index (χ2n) is 6.16. The first-order chi connectivity index (χ1) is 13.6. The molecule has 0 saturated carbocycles. The molecule has 0 aliphatic rings. The van der Waals surface area contributed by atoms with Gasteiger partial charge in [0.25, 0.3) is 0 Å². The number of ether oxygens (including phenoxy) is 3. The summed E-state index contributed by atoms with van der Waals surface area (Å²) in [6.07, 6.45) is 0.753. The average Bonchev–Trinajstić information content (AvgIpc) is 2.72. The van der Waals surface area contributed by atoms with Crippen molar-refractivity contribution in [2.75, 3.05) is 33.4 Å². The number of nitrogens with zero attached hydrogens (tertiary/aromatic N) is 1. The molecular formula is C20H28N2O6. The van der Waals surface area contributed by atoms with Crippen LogP contribution in [0.4, 0.5) is 0 Å². The Balaban J connectivity index is 1.74. The minimum absolute atomic E-state index is 0.0325. The van der Waals surface area contributed by atoms with Crippen molar-refractivity contribution in [3.05, 3.63) is 47.3 Å². The van der Waals surface area contributed by atoms with Crippen molar-refractivity contribution in [3.8, 4) is 17.2 Å². The molecule has 1 atom stereocenters. The Morgan fingerprint density at radius 2 is 1.86 bits per heavy atom. The first-order valence-electron chi connectivity index (χ1n) is 9.07. The van der Waals surface area contributed by atoms with Gasteiger partial charge in [0.05, 0.1) is 26.0 Å². The normalized spacial score (nSPS) is 11.9. The zero-order valence-electron chi connectivity index (χ0n) is 16.2. The van der Waals surface area contributed by atoms with Gasteiger partial charge < -0.3 is 34.8 Å². The molecule has 4 N–H and O–H groups in total. The number of aliphatic hydroxyl groups excluding tert-OH is 3. The first kappa shape index (κ1) is 21.9. The van der Waals surface area contributed by atoms with Crippen LogP contribution in [0.25, 0.3) is 0 Å². The minimum atomic E-state index is -0.755. The SMILES string of the molecule is COc1ccccc1OCCNCC(O)COc1c(C)ncc(CO)c1CO. The third-order valence-corrected chi connectivity index (χ3v) is 4.14. The lowest BCUT2D eigenvalue weighted by molar-refractivity contribution is 0.103. The topological polar surface area (TPSA) is 113 Å². The maximum absolute atomic E-state index is 10.1. The van der Waals surface area contributed by atoms with E-state index in [2.05, 4.69) is 10.3 Å². The van der Waals surface area contributed by atoms with Gasteiger partial charge in [0.15, 0.2) is 11.5 Å². The number of aryl methyl sites for hydroxylation is 1. The van der Waals surface area contributed by atoms with Gasteiger partial charge in [0, 0.05) is 30.4 Å². The molecule has 0 aliphatic heterocycles. The molecule has 0 radical (unpaired) electrons. The van der Waals surface area contributed by atoms with Crippen LogP contribution in [-0.4, -0.2) is 59.8 Å². The third-order valence-electron chi connectivity index (χ3n) is 4.14. The molecule has 0 aliphatic carbocycles. The van der Waals surface area contributed by atoms with Gasteiger partial charge in [-0.2, -0.15) is 0 Å². The monoisotopic (exact) mass is 392 g/mol. The lowest BCUT2D eigenvalue weighted by Crippen LogP contribution is -2.34. The standard InChI is InChI=1S/C20H28N2O6/c1-14-20(17(12-24)15(11-23)9-22-14)28-13-16(25)10-21-7-8-27-19-6-4-3-5-18(19)26-2/h3-6,9,16,21,23-25H,7-8,10-13H2,1-2H3. The predicted octanol–water partition coefficient (Wildman–Crippen LogP) is 0.792. The van der Waals surface area contributed by atoms with E-state index in [1.165, 1.54) is 6.20 Å². The molecule has 0 saturated heterocycles. The van der Waals surface area contributed by atoms with Crippen LogP contribution >= 0.6 is 0 Å². The Kier molecular flexibility index (Phi) is 8.96. The molecule has 0 spiro atoms. The molecule has 28 heavy (non-hydrogen) atoms. The van der Waals surface area contributed by atoms with E-state index in [-0.39, 0.29) is 19.8 Å². The molecule has 0 amide bonds. The summed E-state index contributed by atoms with van der Waals surface area (Å²) in [6, 6.07) is 7.40. The Hall–Kier alpha value is -2.39. The molecule has 2 rings (SSSR count). The summed E-state index contributed by atoms with van der Waals surface area (Å²) in [5.41, 5.74) is 1.58. The molecule has 1 aromatic heterocycles. The summed E-state index contributed by atoms with van der Waals surface area (Å²) in [4.78, 5) is 4.15. The van der Waals surface area contributed by atoms with E-state index >= 15 is 0 Å². The van der Waals surface area contributed by atoms with E-state index in [0.29, 0.717) is 53.8 Å². The number of rotatable bonds is 12. The van der Waals surface area contributed by atoms with Gasteiger partial charge in [-0.25, -0.2) is 0 Å². The van der Waals surface area contributed by atoms with Crippen molar-refractivity contribution < 1.29 is 29.5 Å². The van der Waals surface area contributed by atoms with Gasteiger partial charge in [-0.05, 0) is 19.1 Å². The molecule has 1 heterocycles. The first-order valence-corrected chi connectivity index (χ1v) is 9.07. The van der Waals surface area contributed by atoms with Crippen LogP contribution in [0.1, 0.15) is 16.8 Å². The predicted molar refractivity (Wildman–Crippen MR) is 104 cm³/mol. The highest BCUT2D eigenvalue weighted by atomic mass is 16.5. The van der Waals surface area contributed by atoms with Crippen LogP contribution in [0.2, 0.25) is 0 Å². The Bertz CT molecular complexity index is 741. The lowest BCUT2D eigenvalue weighted by Gasteiger charge is -2.18. The second-order valence-corrected chi connectivity index (χ2v) is 6.16. The fourth-order valence-electron chi connectivity index (χ4n) is 2.65. The number of aromatic nitrogens is 1. The van der Waals surface area contributed by atoms with Crippen LogP contribution in [0.5, 0.6) is 17.2 Å². The van der Waals surface area contributed by atoms with E-state index in [4.69, 9.17) is 14.2 Å². The summed E-state index contributed by atoms with van der Waals surface area (Å²) >= 11 is 0. The molecule has 0 fully saturated rings. The fraction of sp³-hybridized carbons (Fsp3) is 0.450. The van der Waals surface area contributed by atoms with E-state index in [1.54, 1.807) is 14.0 Å². The van der Waals surface area contributed by atoms with Crippen LogP contribution < -0.4 is 19.5 Å². The molecule has 154 valence electrons. The number of pyridine rings is 1. The van der Waals surface area contributed by atoms with Gasteiger partial charge in [0.2, 0.25) is 0 Å². The van der Waals surface area contributed by atoms with Gasteiger partial charge in [-0.15, -0.1) is 0 Å². The van der Waals surface area contributed by atoms with E-state index < -0.39 is 6.10 Å². The summed E-state index contributed by atoms with van der Waals surface area (Å²) in [6.45, 7) is 2.54. The van der Waals surface area contributed by atoms with Crippen LogP contribution in [0.15, 0.2) is 30.5 Å². The average molecular weight is 392 g/mol. The minimum Gasteiger partial charge on any atom is -0.493 e. The van der Waals surface area contributed by atoms with E-state index in [0.717, 1.165) is 0 Å². The molecule has 8 heteroatoms. The maximum Gasteiger partial charge on any atom is 0.161 e. The number of hydrogen-bond donors (Lipinski definition) is 4. The van der Waals surface area contributed by atoms with E-state index in [1.807, 2.05) is 24.3 Å². The molecule has 2 aromatic rings. The Morgan fingerprint density at radius 3 is 2.54 bits per heavy atom. The maximum atomic E-state index is 10.1. The number of aliphatic hydroxyl groups is 3. The van der Waals surface area contributed by atoms with Gasteiger partial charge in [-0.1, -0.05) is 12.1 Å². The van der Waals surface area contributed by atoms with Gasteiger partial charge in [-0.3, -0.25) is 4.98 Å². The highest BCUT2D eigenvalue weighted by Crippen LogP contribution is 2.26. The number of benzene rings is 1. The molecule has 8 nitrogen and oxygen atoms in total. The zero-order valence-corrected chi connectivity index (χ0v) is 16.2. The number of methoxy groups -OCH3 is 1. The van der Waals surface area contributed by atoms with Crippen LogP contribution in [0.3, 0.4) is 0 Å². The van der Waals surface area contributed by atoms with Crippen molar-refractivity contribution in [2.45, 2.75) is 26.2 Å². The van der Waals surface area contributed by atoms with Gasteiger partial charge >= 0.3 is 0 Å². The third kappa shape index (κ3) is 6.07. The number of nitrogens with one attached hydrogen (secondary N) is 1. The summed E-state index contributed by atoms with van der Waals surface area (Å²) in [5, 5.41) is 32.1. The fourth-order valence-corrected chi connectivity index (χ4v) is 2.65. The second kappa shape index (κ2) is 11.5. The molecule has 1 aromatic carbocycles. The number of para-hydroxylation sites is 2. The van der Waals surface area contributed by atoms with Crippen LogP contribution in [-0.2, 0) is 13.2 Å². The van der Waals surface area contributed by atoms with E-state index in [9.17, 15) is 15.3 Å². The van der Waals surface area contributed by atoms with Crippen molar-refractivity contribution in [2.24, 2.45) is 0 Å². The summed E-state index contributed by atoms with van der Waals surface area (Å²) in [5.74, 6) is 1.73. The van der Waals surface area contributed by atoms with Crippen molar-refractivity contribution in [1.29, 1.82) is 0 Å². The quantitative estimate of drug-likeness (QED) is 0.392. The molecule has 1 unspecified atom stereocenters. The lowest BCUT2D eigenvalue weighted by atomic mass is 10.1. The van der Waals surface area contributed by atoms with Crippen LogP contribution in [0, 0.1) is 6.92 Å². The zero-order chi connectivity index (χ0) is 20.4. The molecular weight excluding hydrogens is 364 g/mol. The van der Waals surface area contributed by atoms with Gasteiger partial charge in [0.1, 0.15) is 25.1 Å². The number of hydrogen-bond acceptors (Lipinski definition) is 8. The highest BCUT2D eigenvalue weighted by Gasteiger charge is 2.14. The van der Waals surface area contributed by atoms with Crippen molar-refractivity contribution in [1.82, 2.24) is 10.3 Å². The van der Waals surface area contributed by atoms with Crippen molar-refractivity contribution >= 4 is 0 Å². The Labute approximate surface area is 164 Å². The summed E-state index contributed by atoms with van der Waals surface area (Å²) in [7, 11) is 1.59. The summed E-state index contributed by atoms with van der Waals surface area (Å²) < 4.78 is 16.5.